The number of hydrogen-bond acceptors (Lipinski definition) is 7. The monoisotopic (exact) mass is 362 g/mol. The van der Waals surface area contributed by atoms with Crippen LogP contribution in [-0.2, 0) is 30.3 Å². The van der Waals surface area contributed by atoms with Crippen LogP contribution in [-0.4, -0.2) is 57.5 Å². The summed E-state index contributed by atoms with van der Waals surface area (Å²) in [5.74, 6) is -1.20. The molecule has 1 aliphatic heterocycles. The van der Waals surface area contributed by atoms with E-state index in [1.54, 1.807) is 4.90 Å². The first-order valence-corrected chi connectivity index (χ1v) is 8.62. The zero-order valence-electron chi connectivity index (χ0n) is 15.8. The van der Waals surface area contributed by atoms with Crippen LogP contribution in [0.25, 0.3) is 0 Å². The van der Waals surface area contributed by atoms with Gasteiger partial charge < -0.3 is 19.1 Å². The van der Waals surface area contributed by atoms with E-state index in [4.69, 9.17) is 14.2 Å². The second-order valence-electron chi connectivity index (χ2n) is 5.84. The maximum atomic E-state index is 12.3. The number of rotatable bonds is 7. The average molecular weight is 362 g/mol. The van der Waals surface area contributed by atoms with Crippen molar-refractivity contribution in [1.29, 1.82) is 0 Å². The molecule has 1 heterocycles. The molecule has 0 radical (unpaired) electrons. The van der Waals surface area contributed by atoms with Gasteiger partial charge in [-0.2, -0.15) is 0 Å². The van der Waals surface area contributed by atoms with Crippen LogP contribution >= 0.6 is 0 Å². The molecule has 0 aromatic heterocycles. The van der Waals surface area contributed by atoms with E-state index in [2.05, 4.69) is 18.7 Å². The molecule has 7 nitrogen and oxygen atoms in total. The van der Waals surface area contributed by atoms with Gasteiger partial charge in [0.25, 0.3) is 0 Å². The predicted molar refractivity (Wildman–Crippen MR) is 97.4 cm³/mol. The van der Waals surface area contributed by atoms with E-state index in [9.17, 15) is 9.59 Å². The minimum absolute atomic E-state index is 0.00759. The van der Waals surface area contributed by atoms with E-state index in [1.165, 1.54) is 19.8 Å². The van der Waals surface area contributed by atoms with Gasteiger partial charge >= 0.3 is 11.9 Å². The first-order chi connectivity index (χ1) is 12.5. The minimum atomic E-state index is -0.603. The van der Waals surface area contributed by atoms with E-state index in [-0.39, 0.29) is 24.6 Å². The molecule has 0 spiro atoms. The molecule has 142 valence electrons. The SMILES string of the molecule is CCN(CC)Cc1ccc(N2COCC(C(=O)OC)=C2C(=O)OC)cc1. The second kappa shape index (κ2) is 9.35. The molecule has 0 amide bonds. The first kappa shape index (κ1) is 19.9. The van der Waals surface area contributed by atoms with Gasteiger partial charge in [0.05, 0.1) is 26.4 Å². The topological polar surface area (TPSA) is 68.3 Å². The lowest BCUT2D eigenvalue weighted by Crippen LogP contribution is -2.38. The van der Waals surface area contributed by atoms with E-state index in [0.717, 1.165) is 25.3 Å². The minimum Gasteiger partial charge on any atom is -0.466 e. The molecule has 0 N–H and O–H groups in total. The van der Waals surface area contributed by atoms with Crippen LogP contribution < -0.4 is 4.90 Å². The summed E-state index contributed by atoms with van der Waals surface area (Å²) in [5.41, 5.74) is 2.22. The molecular weight excluding hydrogens is 336 g/mol. The van der Waals surface area contributed by atoms with Crippen LogP contribution in [0.1, 0.15) is 19.4 Å². The van der Waals surface area contributed by atoms with Crippen molar-refractivity contribution >= 4 is 17.6 Å². The Bertz CT molecular complexity index is 665. The van der Waals surface area contributed by atoms with Gasteiger partial charge in [-0.25, -0.2) is 9.59 Å². The lowest BCUT2D eigenvalue weighted by molar-refractivity contribution is -0.140. The highest BCUT2D eigenvalue weighted by Gasteiger charge is 2.32. The van der Waals surface area contributed by atoms with Crippen molar-refractivity contribution < 1.29 is 23.8 Å². The standard InChI is InChI=1S/C19H26N2O5/c1-5-20(6-2)11-14-7-9-15(10-8-14)21-13-26-12-16(18(22)24-3)17(21)19(23)25-4/h7-10H,5-6,11-13H2,1-4H3. The predicted octanol–water partition coefficient (Wildman–Crippen LogP) is 1.92. The molecule has 2 rings (SSSR count). The van der Waals surface area contributed by atoms with Crippen molar-refractivity contribution in [3.63, 3.8) is 0 Å². The summed E-state index contributed by atoms with van der Waals surface area (Å²) in [4.78, 5) is 28.2. The molecule has 7 heteroatoms. The zero-order valence-corrected chi connectivity index (χ0v) is 15.8. The first-order valence-electron chi connectivity index (χ1n) is 8.62. The molecule has 0 atom stereocenters. The Morgan fingerprint density at radius 3 is 2.23 bits per heavy atom. The van der Waals surface area contributed by atoms with E-state index in [0.29, 0.717) is 0 Å². The number of carbonyl (C=O) groups is 2. The summed E-state index contributed by atoms with van der Waals surface area (Å²) in [6.45, 7) is 7.24. The molecule has 0 bridgehead atoms. The van der Waals surface area contributed by atoms with Gasteiger partial charge in [-0.15, -0.1) is 0 Å². The van der Waals surface area contributed by atoms with E-state index < -0.39 is 11.9 Å². The maximum Gasteiger partial charge on any atom is 0.355 e. The van der Waals surface area contributed by atoms with Crippen molar-refractivity contribution in [2.45, 2.75) is 20.4 Å². The van der Waals surface area contributed by atoms with Crippen LogP contribution in [0.15, 0.2) is 35.5 Å². The fourth-order valence-corrected chi connectivity index (χ4v) is 2.83. The molecule has 1 aromatic rings. The number of methoxy groups -OCH3 is 2. The molecule has 0 fully saturated rings. The number of esters is 2. The average Bonchev–Trinajstić information content (AvgIpc) is 2.70. The van der Waals surface area contributed by atoms with E-state index in [1.807, 2.05) is 24.3 Å². The van der Waals surface area contributed by atoms with Crippen molar-refractivity contribution in [1.82, 2.24) is 4.90 Å². The highest BCUT2D eigenvalue weighted by molar-refractivity contribution is 6.03. The largest absolute Gasteiger partial charge is 0.466 e. The number of nitrogens with zero attached hydrogens (tertiary/aromatic N) is 2. The second-order valence-corrected chi connectivity index (χ2v) is 5.84. The van der Waals surface area contributed by atoms with Gasteiger partial charge in [-0.1, -0.05) is 26.0 Å². The van der Waals surface area contributed by atoms with Crippen molar-refractivity contribution in [2.75, 3.05) is 45.5 Å². The molecule has 0 saturated carbocycles. The van der Waals surface area contributed by atoms with Gasteiger partial charge in [-0.3, -0.25) is 4.90 Å². The fourth-order valence-electron chi connectivity index (χ4n) is 2.83. The normalized spacial score (nSPS) is 14.6. The molecule has 26 heavy (non-hydrogen) atoms. The number of carbonyl (C=O) groups excluding carboxylic acids is 2. The molecule has 0 saturated heterocycles. The number of anilines is 1. The Balaban J connectivity index is 2.33. The smallest absolute Gasteiger partial charge is 0.355 e. The maximum absolute atomic E-state index is 12.3. The van der Waals surface area contributed by atoms with Gasteiger partial charge in [0.15, 0.2) is 0 Å². The summed E-state index contributed by atoms with van der Waals surface area (Å²) in [7, 11) is 2.55. The number of hydrogen-bond donors (Lipinski definition) is 0. The lowest BCUT2D eigenvalue weighted by atomic mass is 10.1. The summed E-state index contributed by atoms with van der Waals surface area (Å²) < 4.78 is 15.1. The van der Waals surface area contributed by atoms with Crippen molar-refractivity contribution in [2.24, 2.45) is 0 Å². The third-order valence-electron chi connectivity index (χ3n) is 4.38. The van der Waals surface area contributed by atoms with Gasteiger partial charge in [0.2, 0.25) is 0 Å². The summed E-state index contributed by atoms with van der Waals surface area (Å²) in [5, 5.41) is 0. The molecule has 0 unspecified atom stereocenters. The van der Waals surface area contributed by atoms with Gasteiger partial charge in [0, 0.05) is 12.2 Å². The Hall–Kier alpha value is -2.38. The highest BCUT2D eigenvalue weighted by atomic mass is 16.5. The number of benzene rings is 1. The molecule has 0 aliphatic carbocycles. The molecule has 1 aromatic carbocycles. The fraction of sp³-hybridized carbons (Fsp3) is 0.474. The van der Waals surface area contributed by atoms with Crippen LogP contribution in [0.2, 0.25) is 0 Å². The van der Waals surface area contributed by atoms with Crippen LogP contribution in [0.4, 0.5) is 5.69 Å². The third-order valence-corrected chi connectivity index (χ3v) is 4.38. The number of ether oxygens (including phenoxy) is 3. The van der Waals surface area contributed by atoms with Gasteiger partial charge in [-0.05, 0) is 30.8 Å². The van der Waals surface area contributed by atoms with Crippen molar-refractivity contribution in [3.8, 4) is 0 Å². The molecule has 1 aliphatic rings. The van der Waals surface area contributed by atoms with Crippen LogP contribution in [0.5, 0.6) is 0 Å². The van der Waals surface area contributed by atoms with Crippen molar-refractivity contribution in [3.05, 3.63) is 41.1 Å². The van der Waals surface area contributed by atoms with E-state index >= 15 is 0 Å². The summed E-state index contributed by atoms with van der Waals surface area (Å²) in [6, 6.07) is 7.83. The quantitative estimate of drug-likeness (QED) is 0.687. The molecular formula is C19H26N2O5. The highest BCUT2D eigenvalue weighted by Crippen LogP contribution is 2.27. The van der Waals surface area contributed by atoms with Crippen LogP contribution in [0, 0.1) is 0 Å². The summed E-state index contributed by atoms with van der Waals surface area (Å²) >= 11 is 0. The van der Waals surface area contributed by atoms with Crippen LogP contribution in [0.3, 0.4) is 0 Å². The van der Waals surface area contributed by atoms with Gasteiger partial charge in [0.1, 0.15) is 12.4 Å². The third kappa shape index (κ3) is 4.42. The lowest BCUT2D eigenvalue weighted by Gasteiger charge is -2.31. The Labute approximate surface area is 154 Å². The Morgan fingerprint density at radius 2 is 1.69 bits per heavy atom. The Morgan fingerprint density at radius 1 is 1.08 bits per heavy atom. The zero-order chi connectivity index (χ0) is 19.1. The Kier molecular flexibility index (Phi) is 7.17. The summed E-state index contributed by atoms with van der Waals surface area (Å²) in [6.07, 6.45) is 0.